The predicted octanol–water partition coefficient (Wildman–Crippen LogP) is 8.67. The molecule has 0 unspecified atom stereocenters. The summed E-state index contributed by atoms with van der Waals surface area (Å²) in [5.41, 5.74) is 7.13. The van der Waals surface area contributed by atoms with Gasteiger partial charge in [0, 0.05) is 17.0 Å². The molecule has 0 fully saturated rings. The first-order valence-corrected chi connectivity index (χ1v) is 11.9. The van der Waals surface area contributed by atoms with Crippen LogP contribution in [0, 0.1) is 0 Å². The van der Waals surface area contributed by atoms with Crippen LogP contribution < -0.4 is 0 Å². The maximum absolute atomic E-state index is 4.82. The second-order valence-electron chi connectivity index (χ2n) is 8.88. The van der Waals surface area contributed by atoms with Gasteiger partial charge in [0.05, 0.1) is 11.0 Å². The summed E-state index contributed by atoms with van der Waals surface area (Å²) in [5, 5.41) is 5.05. The second kappa shape index (κ2) is 7.96. The van der Waals surface area contributed by atoms with Crippen LogP contribution in [-0.4, -0.2) is 9.55 Å². The molecule has 5 aromatic carbocycles. The van der Waals surface area contributed by atoms with E-state index in [2.05, 4.69) is 126 Å². The molecule has 7 aromatic rings. The zero-order valence-electron chi connectivity index (χ0n) is 19.1. The van der Waals surface area contributed by atoms with E-state index in [1.807, 2.05) is 12.3 Å². The maximum Gasteiger partial charge on any atom is 0.138 e. The molecule has 2 nitrogen and oxygen atoms in total. The summed E-state index contributed by atoms with van der Waals surface area (Å²) in [6.07, 6.45) is 1.91. The van der Waals surface area contributed by atoms with Crippen molar-refractivity contribution in [2.24, 2.45) is 0 Å². The third kappa shape index (κ3) is 3.23. The Hall–Kier alpha value is -4.69. The Labute approximate surface area is 203 Å². The van der Waals surface area contributed by atoms with Crippen LogP contribution in [0.3, 0.4) is 0 Å². The SMILES string of the molecule is c1ccc(-c2ccc(-c3ccnc(-n4c5ccccc5c5c6ccccc6ccc54)c3)cc2)cc1. The lowest BCUT2D eigenvalue weighted by atomic mass is 10.0. The van der Waals surface area contributed by atoms with Gasteiger partial charge in [-0.3, -0.25) is 4.57 Å². The molecule has 0 aliphatic rings. The van der Waals surface area contributed by atoms with E-state index in [1.165, 1.54) is 49.3 Å². The van der Waals surface area contributed by atoms with E-state index in [0.717, 1.165) is 11.4 Å². The molecule has 35 heavy (non-hydrogen) atoms. The number of aromatic nitrogens is 2. The van der Waals surface area contributed by atoms with Crippen molar-refractivity contribution < 1.29 is 0 Å². The van der Waals surface area contributed by atoms with Gasteiger partial charge in [-0.2, -0.15) is 0 Å². The number of fused-ring (bicyclic) bond motifs is 5. The fourth-order valence-corrected chi connectivity index (χ4v) is 5.19. The van der Waals surface area contributed by atoms with Gasteiger partial charge in [0.25, 0.3) is 0 Å². The smallest absolute Gasteiger partial charge is 0.138 e. The zero-order valence-corrected chi connectivity index (χ0v) is 19.1. The Morgan fingerprint density at radius 3 is 1.94 bits per heavy atom. The average Bonchev–Trinajstić information content (AvgIpc) is 3.29. The van der Waals surface area contributed by atoms with Gasteiger partial charge in [-0.1, -0.05) is 103 Å². The van der Waals surface area contributed by atoms with Crippen molar-refractivity contribution >= 4 is 32.6 Å². The predicted molar refractivity (Wildman–Crippen MR) is 147 cm³/mol. The van der Waals surface area contributed by atoms with Crippen LogP contribution in [0.15, 0.2) is 134 Å². The van der Waals surface area contributed by atoms with E-state index in [-0.39, 0.29) is 0 Å². The minimum absolute atomic E-state index is 0.927. The number of para-hydroxylation sites is 1. The molecule has 2 heterocycles. The molecular formula is C33H22N2. The topological polar surface area (TPSA) is 17.8 Å². The minimum Gasteiger partial charge on any atom is -0.294 e. The highest BCUT2D eigenvalue weighted by atomic mass is 15.1. The zero-order chi connectivity index (χ0) is 23.2. The number of benzene rings is 5. The molecular weight excluding hydrogens is 424 g/mol. The quantitative estimate of drug-likeness (QED) is 0.265. The number of rotatable bonds is 3. The van der Waals surface area contributed by atoms with Gasteiger partial charge in [-0.15, -0.1) is 0 Å². The normalized spacial score (nSPS) is 11.4. The van der Waals surface area contributed by atoms with E-state index in [0.29, 0.717) is 0 Å². The summed E-state index contributed by atoms with van der Waals surface area (Å²) in [5.74, 6) is 0.927. The van der Waals surface area contributed by atoms with Gasteiger partial charge < -0.3 is 0 Å². The molecule has 0 amide bonds. The Balaban J connectivity index is 1.40. The van der Waals surface area contributed by atoms with E-state index in [1.54, 1.807) is 0 Å². The fourth-order valence-electron chi connectivity index (χ4n) is 5.19. The highest BCUT2D eigenvalue weighted by molar-refractivity contribution is 6.21. The number of pyridine rings is 1. The summed E-state index contributed by atoms with van der Waals surface area (Å²) in [4.78, 5) is 4.82. The van der Waals surface area contributed by atoms with Crippen LogP contribution in [0.1, 0.15) is 0 Å². The standard InChI is InChI=1S/C33H22N2/c1-2-8-23(9-3-1)24-14-16-25(17-15-24)27-20-21-34-32(22-27)35-30-13-7-6-12-29(30)33-28-11-5-4-10-26(28)18-19-31(33)35/h1-22H. The van der Waals surface area contributed by atoms with Gasteiger partial charge in [0.15, 0.2) is 0 Å². The minimum atomic E-state index is 0.927. The maximum atomic E-state index is 4.82. The Bertz CT molecular complexity index is 1830. The van der Waals surface area contributed by atoms with E-state index >= 15 is 0 Å². The Morgan fingerprint density at radius 1 is 0.457 bits per heavy atom. The van der Waals surface area contributed by atoms with Crippen molar-refractivity contribution in [2.75, 3.05) is 0 Å². The van der Waals surface area contributed by atoms with Crippen LogP contribution in [-0.2, 0) is 0 Å². The molecule has 164 valence electrons. The largest absolute Gasteiger partial charge is 0.294 e. The molecule has 0 atom stereocenters. The molecule has 2 heteroatoms. The fraction of sp³-hybridized carbons (Fsp3) is 0. The van der Waals surface area contributed by atoms with E-state index in [9.17, 15) is 0 Å². The molecule has 2 aromatic heterocycles. The molecule has 0 saturated carbocycles. The van der Waals surface area contributed by atoms with Crippen LogP contribution >= 0.6 is 0 Å². The number of hydrogen-bond donors (Lipinski definition) is 0. The van der Waals surface area contributed by atoms with Crippen molar-refractivity contribution in [3.8, 4) is 28.1 Å². The van der Waals surface area contributed by atoms with Gasteiger partial charge in [-0.25, -0.2) is 4.98 Å². The summed E-state index contributed by atoms with van der Waals surface area (Å²) in [6, 6.07) is 45.2. The molecule has 0 spiro atoms. The molecule has 0 saturated heterocycles. The average molecular weight is 447 g/mol. The highest BCUT2D eigenvalue weighted by Gasteiger charge is 2.15. The van der Waals surface area contributed by atoms with Crippen molar-refractivity contribution in [1.29, 1.82) is 0 Å². The summed E-state index contributed by atoms with van der Waals surface area (Å²) in [7, 11) is 0. The first kappa shape index (κ1) is 19.7. The van der Waals surface area contributed by atoms with E-state index < -0.39 is 0 Å². The monoisotopic (exact) mass is 446 g/mol. The van der Waals surface area contributed by atoms with Gasteiger partial charge >= 0.3 is 0 Å². The van der Waals surface area contributed by atoms with Gasteiger partial charge in [-0.05, 0) is 57.3 Å². The first-order chi connectivity index (χ1) is 17.4. The van der Waals surface area contributed by atoms with Gasteiger partial charge in [0.2, 0.25) is 0 Å². The Kier molecular flexibility index (Phi) is 4.49. The highest BCUT2D eigenvalue weighted by Crippen LogP contribution is 2.37. The van der Waals surface area contributed by atoms with Crippen LogP contribution in [0.4, 0.5) is 0 Å². The van der Waals surface area contributed by atoms with Crippen LogP contribution in [0.25, 0.3) is 60.6 Å². The summed E-state index contributed by atoms with van der Waals surface area (Å²) in [6.45, 7) is 0. The van der Waals surface area contributed by atoms with Gasteiger partial charge in [0.1, 0.15) is 5.82 Å². The molecule has 0 N–H and O–H groups in total. The second-order valence-corrected chi connectivity index (χ2v) is 8.88. The lowest BCUT2D eigenvalue weighted by Crippen LogP contribution is -1.97. The number of hydrogen-bond acceptors (Lipinski definition) is 1. The van der Waals surface area contributed by atoms with Crippen molar-refractivity contribution in [1.82, 2.24) is 9.55 Å². The molecule has 0 radical (unpaired) electrons. The third-order valence-electron chi connectivity index (χ3n) is 6.86. The van der Waals surface area contributed by atoms with E-state index in [4.69, 9.17) is 4.98 Å². The van der Waals surface area contributed by atoms with Crippen LogP contribution in [0.2, 0.25) is 0 Å². The lowest BCUT2D eigenvalue weighted by molar-refractivity contribution is 1.08. The molecule has 0 aliphatic carbocycles. The van der Waals surface area contributed by atoms with Crippen molar-refractivity contribution in [3.63, 3.8) is 0 Å². The Morgan fingerprint density at radius 2 is 1.11 bits per heavy atom. The summed E-state index contributed by atoms with van der Waals surface area (Å²) < 4.78 is 2.29. The van der Waals surface area contributed by atoms with Crippen molar-refractivity contribution in [3.05, 3.63) is 134 Å². The first-order valence-electron chi connectivity index (χ1n) is 11.9. The third-order valence-corrected chi connectivity index (χ3v) is 6.86. The lowest BCUT2D eigenvalue weighted by Gasteiger charge is -2.10. The number of nitrogens with zero attached hydrogens (tertiary/aromatic N) is 2. The summed E-state index contributed by atoms with van der Waals surface area (Å²) >= 11 is 0. The molecule has 0 bridgehead atoms. The molecule has 0 aliphatic heterocycles. The molecule has 7 rings (SSSR count). The van der Waals surface area contributed by atoms with Crippen molar-refractivity contribution in [2.45, 2.75) is 0 Å². The van der Waals surface area contributed by atoms with Crippen LogP contribution in [0.5, 0.6) is 0 Å².